The van der Waals surface area contributed by atoms with E-state index < -0.39 is 29.5 Å². The van der Waals surface area contributed by atoms with E-state index in [4.69, 9.17) is 15.6 Å². The van der Waals surface area contributed by atoms with Gasteiger partial charge in [0.25, 0.3) is 0 Å². The number of carbonyl (C=O) groups is 1. The maximum absolute atomic E-state index is 12.8. The lowest BCUT2D eigenvalue weighted by Gasteiger charge is -2.19. The predicted octanol–water partition coefficient (Wildman–Crippen LogP) is 1.81. The Balaban J connectivity index is 3.52. The molecule has 0 aliphatic rings. The summed E-state index contributed by atoms with van der Waals surface area (Å²) < 4.78 is 47.8. The summed E-state index contributed by atoms with van der Waals surface area (Å²) in [4.78, 5) is 10.8. The Morgan fingerprint density at radius 1 is 1.26 bits per heavy atom. The van der Waals surface area contributed by atoms with Gasteiger partial charge in [-0.3, -0.25) is 4.79 Å². The number of ether oxygens (including phenoxy) is 2. The number of halogens is 3. The normalized spacial score (nSPS) is 12.9. The van der Waals surface area contributed by atoms with Crippen molar-refractivity contribution in [2.75, 3.05) is 14.2 Å². The molecule has 0 saturated heterocycles. The Morgan fingerprint density at radius 2 is 1.79 bits per heavy atom. The van der Waals surface area contributed by atoms with E-state index in [0.29, 0.717) is 6.07 Å². The van der Waals surface area contributed by atoms with Gasteiger partial charge in [0.05, 0.1) is 14.2 Å². The van der Waals surface area contributed by atoms with E-state index in [-0.39, 0.29) is 11.3 Å². The molecule has 0 heterocycles. The molecular weight excluding hydrogens is 267 g/mol. The zero-order valence-corrected chi connectivity index (χ0v) is 10.1. The van der Waals surface area contributed by atoms with Crippen molar-refractivity contribution in [1.29, 1.82) is 0 Å². The lowest BCUT2D eigenvalue weighted by molar-refractivity contribution is -0.139. The summed E-state index contributed by atoms with van der Waals surface area (Å²) in [5.41, 5.74) is 4.22. The van der Waals surface area contributed by atoms with Crippen molar-refractivity contribution in [3.63, 3.8) is 0 Å². The minimum Gasteiger partial charge on any atom is -0.492 e. The first-order chi connectivity index (χ1) is 8.73. The molecule has 1 aromatic carbocycles. The van der Waals surface area contributed by atoms with Crippen LogP contribution in [0.1, 0.15) is 17.2 Å². The van der Waals surface area contributed by atoms with Crippen LogP contribution in [0.2, 0.25) is 0 Å². The van der Waals surface area contributed by atoms with E-state index in [2.05, 4.69) is 4.74 Å². The third-order valence-electron chi connectivity index (χ3n) is 2.46. The topological polar surface area (TPSA) is 81.8 Å². The number of hydrogen-bond donors (Lipinski definition) is 2. The summed E-state index contributed by atoms with van der Waals surface area (Å²) in [5, 5.41) is 8.80. The molecular formula is C11H12F3NO4. The molecule has 19 heavy (non-hydrogen) atoms. The van der Waals surface area contributed by atoms with Gasteiger partial charge >= 0.3 is 12.1 Å². The van der Waals surface area contributed by atoms with E-state index in [1.807, 2.05) is 0 Å². The molecule has 1 aromatic rings. The fourth-order valence-corrected chi connectivity index (χ4v) is 1.59. The zero-order valence-electron chi connectivity index (χ0n) is 10.1. The van der Waals surface area contributed by atoms with Gasteiger partial charge < -0.3 is 20.3 Å². The average Bonchev–Trinajstić information content (AvgIpc) is 2.34. The minimum atomic E-state index is -4.65. The van der Waals surface area contributed by atoms with Crippen LogP contribution in [0.5, 0.6) is 11.5 Å². The maximum Gasteiger partial charge on any atom is 0.420 e. The molecule has 0 saturated carbocycles. The lowest BCUT2D eigenvalue weighted by atomic mass is 10.0. The second-order valence-electron chi connectivity index (χ2n) is 3.58. The molecule has 0 radical (unpaired) electrons. The number of aliphatic carboxylic acids is 1. The van der Waals surface area contributed by atoms with Crippen molar-refractivity contribution >= 4 is 5.97 Å². The van der Waals surface area contributed by atoms with Gasteiger partial charge in [0.1, 0.15) is 11.6 Å². The van der Waals surface area contributed by atoms with Crippen molar-refractivity contribution in [3.8, 4) is 11.5 Å². The Kier molecular flexibility index (Phi) is 4.25. The van der Waals surface area contributed by atoms with E-state index in [0.717, 1.165) is 20.3 Å². The Bertz CT molecular complexity index is 488. The number of alkyl halides is 3. The van der Waals surface area contributed by atoms with Crippen molar-refractivity contribution in [1.82, 2.24) is 0 Å². The number of hydrogen-bond acceptors (Lipinski definition) is 4. The van der Waals surface area contributed by atoms with Gasteiger partial charge in [0, 0.05) is 5.56 Å². The first kappa shape index (κ1) is 15.1. The molecule has 1 unspecified atom stereocenters. The summed E-state index contributed by atoms with van der Waals surface area (Å²) in [6.45, 7) is 0. The summed E-state index contributed by atoms with van der Waals surface area (Å²) >= 11 is 0. The number of rotatable bonds is 4. The van der Waals surface area contributed by atoms with E-state index in [1.165, 1.54) is 0 Å². The van der Waals surface area contributed by atoms with E-state index in [9.17, 15) is 18.0 Å². The van der Waals surface area contributed by atoms with Gasteiger partial charge in [0.15, 0.2) is 11.5 Å². The Labute approximate surface area is 106 Å². The zero-order chi connectivity index (χ0) is 14.8. The summed E-state index contributed by atoms with van der Waals surface area (Å²) in [6.07, 6.45) is -4.65. The maximum atomic E-state index is 12.8. The molecule has 0 bridgehead atoms. The summed E-state index contributed by atoms with van der Waals surface area (Å²) in [5.74, 6) is -2.32. The summed E-state index contributed by atoms with van der Waals surface area (Å²) in [7, 11) is 2.14. The largest absolute Gasteiger partial charge is 0.492 e. The van der Waals surface area contributed by atoms with Gasteiger partial charge in [-0.25, -0.2) is 0 Å². The molecule has 3 N–H and O–H groups in total. The Hall–Kier alpha value is -1.96. The molecule has 0 spiro atoms. The number of carboxylic acid groups (broad SMARTS) is 1. The number of carboxylic acids is 1. The van der Waals surface area contributed by atoms with Crippen molar-refractivity contribution in [2.24, 2.45) is 5.73 Å². The first-order valence-corrected chi connectivity index (χ1v) is 5.04. The molecule has 1 rings (SSSR count). The van der Waals surface area contributed by atoms with E-state index in [1.54, 1.807) is 0 Å². The van der Waals surface area contributed by atoms with Crippen LogP contribution in [0, 0.1) is 0 Å². The van der Waals surface area contributed by atoms with Crippen LogP contribution in [0.4, 0.5) is 13.2 Å². The number of nitrogens with two attached hydrogens (primary N) is 1. The van der Waals surface area contributed by atoms with E-state index >= 15 is 0 Å². The van der Waals surface area contributed by atoms with Gasteiger partial charge in [-0.2, -0.15) is 13.2 Å². The minimum absolute atomic E-state index is 0.0974. The highest BCUT2D eigenvalue weighted by Crippen LogP contribution is 2.44. The average molecular weight is 279 g/mol. The highest BCUT2D eigenvalue weighted by Gasteiger charge is 2.37. The number of methoxy groups -OCH3 is 2. The van der Waals surface area contributed by atoms with Crippen LogP contribution in [0.3, 0.4) is 0 Å². The molecule has 5 nitrogen and oxygen atoms in total. The highest BCUT2D eigenvalue weighted by molar-refractivity contribution is 5.77. The third kappa shape index (κ3) is 2.90. The van der Waals surface area contributed by atoms with Crippen LogP contribution in [-0.4, -0.2) is 25.3 Å². The van der Waals surface area contributed by atoms with Crippen molar-refractivity contribution < 1.29 is 32.5 Å². The fraction of sp³-hybridized carbons (Fsp3) is 0.364. The van der Waals surface area contributed by atoms with Crippen LogP contribution < -0.4 is 15.2 Å². The first-order valence-electron chi connectivity index (χ1n) is 5.04. The molecule has 0 aliphatic carbocycles. The van der Waals surface area contributed by atoms with Crippen LogP contribution in [0.25, 0.3) is 0 Å². The van der Waals surface area contributed by atoms with Gasteiger partial charge in [-0.15, -0.1) is 0 Å². The van der Waals surface area contributed by atoms with Crippen molar-refractivity contribution in [3.05, 3.63) is 23.3 Å². The van der Waals surface area contributed by atoms with Gasteiger partial charge in [-0.1, -0.05) is 6.07 Å². The fourth-order valence-electron chi connectivity index (χ4n) is 1.59. The highest BCUT2D eigenvalue weighted by atomic mass is 19.4. The second-order valence-corrected chi connectivity index (χ2v) is 3.58. The van der Waals surface area contributed by atoms with Crippen molar-refractivity contribution in [2.45, 2.75) is 12.2 Å². The smallest absolute Gasteiger partial charge is 0.420 e. The lowest BCUT2D eigenvalue weighted by Crippen LogP contribution is -2.22. The Morgan fingerprint density at radius 3 is 2.16 bits per heavy atom. The molecule has 0 aliphatic heterocycles. The molecule has 8 heteroatoms. The quantitative estimate of drug-likeness (QED) is 0.878. The second kappa shape index (κ2) is 5.35. The standard InChI is InChI=1S/C11H12F3NO4/c1-18-8-5(7(15)10(16)17)3-4-6(9(8)19-2)11(12,13)14/h3-4,7H,15H2,1-2H3,(H,16,17). The SMILES string of the molecule is COc1c(C(N)C(=O)O)ccc(C(F)(F)F)c1OC. The molecule has 1 atom stereocenters. The molecule has 0 fully saturated rings. The predicted molar refractivity (Wildman–Crippen MR) is 59.1 cm³/mol. The molecule has 0 amide bonds. The summed E-state index contributed by atoms with van der Waals surface area (Å²) in [6, 6.07) is 0.161. The molecule has 0 aromatic heterocycles. The van der Waals surface area contributed by atoms with Crippen LogP contribution >= 0.6 is 0 Å². The third-order valence-corrected chi connectivity index (χ3v) is 2.46. The molecule has 106 valence electrons. The van der Waals surface area contributed by atoms with Crippen LogP contribution in [-0.2, 0) is 11.0 Å². The monoisotopic (exact) mass is 279 g/mol. The van der Waals surface area contributed by atoms with Gasteiger partial charge in [-0.05, 0) is 6.07 Å². The van der Waals surface area contributed by atoms with Gasteiger partial charge in [0.2, 0.25) is 0 Å². The number of benzene rings is 1. The van der Waals surface area contributed by atoms with Crippen LogP contribution in [0.15, 0.2) is 12.1 Å².